The Morgan fingerprint density at radius 3 is 2.33 bits per heavy atom. The number of halogens is 2. The van der Waals surface area contributed by atoms with Crippen LogP contribution in [0.3, 0.4) is 0 Å². The van der Waals surface area contributed by atoms with Crippen LogP contribution < -0.4 is 9.80 Å². The predicted octanol–water partition coefficient (Wildman–Crippen LogP) is 6.25. The third-order valence-electron chi connectivity index (χ3n) is 4.27. The van der Waals surface area contributed by atoms with Gasteiger partial charge in [0.2, 0.25) is 0 Å². The predicted molar refractivity (Wildman–Crippen MR) is 122 cm³/mol. The summed E-state index contributed by atoms with van der Waals surface area (Å²) in [5.74, 6) is -0.156. The van der Waals surface area contributed by atoms with Gasteiger partial charge < -0.3 is 4.90 Å². The Bertz CT molecular complexity index is 909. The first-order valence-corrected chi connectivity index (χ1v) is 10.5. The lowest BCUT2D eigenvalue weighted by Gasteiger charge is -2.20. The summed E-state index contributed by atoms with van der Waals surface area (Å²) in [6, 6.07) is 13.2. The fourth-order valence-corrected chi connectivity index (χ4v) is 4.43. The van der Waals surface area contributed by atoms with Crippen LogP contribution in [0.5, 0.6) is 0 Å². The van der Waals surface area contributed by atoms with Crippen molar-refractivity contribution < 1.29 is 4.79 Å². The number of hydrogen-bond donors (Lipinski definition) is 0. The second-order valence-electron chi connectivity index (χ2n) is 5.88. The Hall–Kier alpha value is -1.53. The van der Waals surface area contributed by atoms with Gasteiger partial charge in [0.25, 0.3) is 5.91 Å². The number of carbonyl (C=O) groups is 1. The van der Waals surface area contributed by atoms with Gasteiger partial charge in [0, 0.05) is 18.8 Å². The SMILES string of the molecule is CCN(CC)c1ccc(/C=C2\SC(=S)N(c3ccc(Cl)c(Cl)c3)C2=O)cc1. The highest BCUT2D eigenvalue weighted by atomic mass is 35.5. The van der Waals surface area contributed by atoms with E-state index in [1.165, 1.54) is 22.3 Å². The monoisotopic (exact) mass is 436 g/mol. The number of amides is 1. The van der Waals surface area contributed by atoms with Gasteiger partial charge in [0.15, 0.2) is 4.32 Å². The lowest BCUT2D eigenvalue weighted by atomic mass is 10.1. The van der Waals surface area contributed by atoms with E-state index in [4.69, 9.17) is 35.4 Å². The molecule has 0 unspecified atom stereocenters. The van der Waals surface area contributed by atoms with Gasteiger partial charge >= 0.3 is 0 Å². The van der Waals surface area contributed by atoms with Crippen LogP contribution >= 0.6 is 47.2 Å². The minimum absolute atomic E-state index is 0.156. The zero-order chi connectivity index (χ0) is 19.6. The third kappa shape index (κ3) is 4.32. The van der Waals surface area contributed by atoms with E-state index in [-0.39, 0.29) is 5.91 Å². The number of benzene rings is 2. The van der Waals surface area contributed by atoms with Crippen molar-refractivity contribution in [3.05, 3.63) is 63.0 Å². The molecule has 1 aliphatic rings. The molecule has 2 aromatic carbocycles. The molecule has 0 N–H and O–H groups in total. The van der Waals surface area contributed by atoms with E-state index in [1.54, 1.807) is 18.2 Å². The first kappa shape index (κ1) is 20.2. The van der Waals surface area contributed by atoms with E-state index < -0.39 is 0 Å². The number of thioether (sulfide) groups is 1. The summed E-state index contributed by atoms with van der Waals surface area (Å²) in [4.78, 5) is 17.2. The summed E-state index contributed by atoms with van der Waals surface area (Å²) < 4.78 is 0.476. The third-order valence-corrected chi connectivity index (χ3v) is 6.32. The summed E-state index contributed by atoms with van der Waals surface area (Å²) >= 11 is 18.7. The maximum atomic E-state index is 12.8. The summed E-state index contributed by atoms with van der Waals surface area (Å²) in [6.07, 6.45) is 1.86. The highest BCUT2D eigenvalue weighted by Crippen LogP contribution is 2.38. The molecule has 1 aliphatic heterocycles. The number of hydrogen-bond acceptors (Lipinski definition) is 4. The Morgan fingerprint density at radius 1 is 1.07 bits per heavy atom. The van der Waals surface area contributed by atoms with E-state index in [0.29, 0.717) is 25.0 Å². The van der Waals surface area contributed by atoms with Crippen LogP contribution in [0.2, 0.25) is 10.0 Å². The van der Waals surface area contributed by atoms with Crippen molar-refractivity contribution in [1.29, 1.82) is 0 Å². The second-order valence-corrected chi connectivity index (χ2v) is 8.37. The largest absolute Gasteiger partial charge is 0.372 e. The number of anilines is 2. The Morgan fingerprint density at radius 2 is 1.74 bits per heavy atom. The second kappa shape index (κ2) is 8.65. The molecule has 7 heteroatoms. The number of thiocarbonyl (C=S) groups is 1. The minimum atomic E-state index is -0.156. The highest BCUT2D eigenvalue weighted by Gasteiger charge is 2.33. The van der Waals surface area contributed by atoms with Crippen LogP contribution in [-0.4, -0.2) is 23.3 Å². The van der Waals surface area contributed by atoms with Crippen molar-refractivity contribution in [2.75, 3.05) is 22.9 Å². The molecule has 27 heavy (non-hydrogen) atoms. The molecule has 1 heterocycles. The molecule has 3 nitrogen and oxygen atoms in total. The van der Waals surface area contributed by atoms with Crippen molar-refractivity contribution in [3.8, 4) is 0 Å². The molecule has 0 aromatic heterocycles. The fraction of sp³-hybridized carbons (Fsp3) is 0.200. The Labute approximate surface area is 178 Å². The van der Waals surface area contributed by atoms with Crippen molar-refractivity contribution in [1.82, 2.24) is 0 Å². The molecule has 0 radical (unpaired) electrons. The quantitative estimate of drug-likeness (QED) is 0.408. The molecule has 0 aliphatic carbocycles. The standard InChI is InChI=1S/C20H18Cl2N2OS2/c1-3-23(4-2)14-7-5-13(6-8-14)11-18-19(25)24(20(26)27-18)15-9-10-16(21)17(22)12-15/h5-12H,3-4H2,1-2H3/b18-11-. The topological polar surface area (TPSA) is 23.6 Å². The molecule has 0 bridgehead atoms. The van der Waals surface area contributed by atoms with Gasteiger partial charge in [-0.15, -0.1) is 0 Å². The van der Waals surface area contributed by atoms with Gasteiger partial charge in [-0.05, 0) is 55.8 Å². The highest BCUT2D eigenvalue weighted by molar-refractivity contribution is 8.27. The van der Waals surface area contributed by atoms with Gasteiger partial charge in [0.05, 0.1) is 20.6 Å². The fourth-order valence-electron chi connectivity index (χ4n) is 2.84. The van der Waals surface area contributed by atoms with Crippen LogP contribution in [0.1, 0.15) is 19.4 Å². The van der Waals surface area contributed by atoms with E-state index in [0.717, 1.165) is 18.7 Å². The lowest BCUT2D eigenvalue weighted by Crippen LogP contribution is -2.27. The first-order chi connectivity index (χ1) is 12.9. The first-order valence-electron chi connectivity index (χ1n) is 8.52. The molecule has 0 spiro atoms. The maximum Gasteiger partial charge on any atom is 0.270 e. The summed E-state index contributed by atoms with van der Waals surface area (Å²) in [5.41, 5.74) is 2.74. The van der Waals surface area contributed by atoms with Gasteiger partial charge in [-0.3, -0.25) is 9.69 Å². The molecular weight excluding hydrogens is 419 g/mol. The van der Waals surface area contributed by atoms with Crippen molar-refractivity contribution >= 4 is 74.9 Å². The summed E-state index contributed by atoms with van der Waals surface area (Å²) in [6.45, 7) is 6.17. The van der Waals surface area contributed by atoms with Crippen LogP contribution in [0, 0.1) is 0 Å². The van der Waals surface area contributed by atoms with Gasteiger partial charge in [-0.2, -0.15) is 0 Å². The van der Waals surface area contributed by atoms with E-state index in [2.05, 4.69) is 30.9 Å². The molecule has 2 aromatic rings. The average molecular weight is 437 g/mol. The Kier molecular flexibility index (Phi) is 6.48. The molecule has 1 saturated heterocycles. The molecule has 1 amide bonds. The molecule has 1 fully saturated rings. The normalized spacial score (nSPS) is 15.7. The van der Waals surface area contributed by atoms with Gasteiger partial charge in [-0.1, -0.05) is 59.3 Å². The van der Waals surface area contributed by atoms with E-state index >= 15 is 0 Å². The minimum Gasteiger partial charge on any atom is -0.372 e. The summed E-state index contributed by atoms with van der Waals surface area (Å²) in [7, 11) is 0. The lowest BCUT2D eigenvalue weighted by molar-refractivity contribution is -0.113. The molecule has 140 valence electrons. The van der Waals surface area contributed by atoms with Crippen LogP contribution in [0.25, 0.3) is 6.08 Å². The van der Waals surface area contributed by atoms with Crippen molar-refractivity contribution in [2.45, 2.75) is 13.8 Å². The van der Waals surface area contributed by atoms with Gasteiger partial charge in [0.1, 0.15) is 0 Å². The van der Waals surface area contributed by atoms with Crippen LogP contribution in [0.15, 0.2) is 47.4 Å². The number of nitrogens with zero attached hydrogens (tertiary/aromatic N) is 2. The summed E-state index contributed by atoms with van der Waals surface area (Å²) in [5, 5.41) is 0.828. The number of rotatable bonds is 5. The smallest absolute Gasteiger partial charge is 0.270 e. The molecule has 3 rings (SSSR count). The van der Waals surface area contributed by atoms with Gasteiger partial charge in [-0.25, -0.2) is 0 Å². The Balaban J connectivity index is 1.84. The molecular formula is C20H18Cl2N2OS2. The maximum absolute atomic E-state index is 12.8. The van der Waals surface area contributed by atoms with E-state index in [9.17, 15) is 4.79 Å². The van der Waals surface area contributed by atoms with Crippen molar-refractivity contribution in [2.24, 2.45) is 0 Å². The molecule has 0 atom stereocenters. The molecule has 0 saturated carbocycles. The van der Waals surface area contributed by atoms with Crippen LogP contribution in [-0.2, 0) is 4.79 Å². The number of carbonyl (C=O) groups excluding carboxylic acids is 1. The van der Waals surface area contributed by atoms with E-state index in [1.807, 2.05) is 18.2 Å². The van der Waals surface area contributed by atoms with Crippen LogP contribution in [0.4, 0.5) is 11.4 Å². The average Bonchev–Trinajstić information content (AvgIpc) is 2.93. The zero-order valence-electron chi connectivity index (χ0n) is 14.9. The van der Waals surface area contributed by atoms with Crippen molar-refractivity contribution in [3.63, 3.8) is 0 Å². The zero-order valence-corrected chi connectivity index (χ0v) is 18.1.